The summed E-state index contributed by atoms with van der Waals surface area (Å²) in [5.74, 6) is -3.85. The fourth-order valence-electron chi connectivity index (χ4n) is 5.21. The highest BCUT2D eigenvalue weighted by Gasteiger charge is 2.42. The van der Waals surface area contributed by atoms with Gasteiger partial charge in [0, 0.05) is 18.3 Å². The molecule has 0 unspecified atom stereocenters. The molecule has 2 heterocycles. The highest BCUT2D eigenvalue weighted by atomic mass is 32.1. The van der Waals surface area contributed by atoms with Crippen molar-refractivity contribution in [2.24, 2.45) is 17.8 Å². The first kappa shape index (κ1) is 38.4. The molecule has 13 heteroatoms. The normalized spacial score (nSPS) is 18.2. The standard InChI is InChI=1S/C32H54N4O8S/c1-9-11-14-17-43-36(23(20(3)4)18-24(37)28-33-22(19-45-28)30(40)41)29(39)26(21(5)10-2)27(38)34-25-15-12-13-16-35(25)31(42)44-32(6,7)8/h19-21,23-26,37H,9-18H2,1-8H3,(H,34,38)(H,40,41)/t21-,23+,24+,25+,26-/m0/s1. The summed E-state index contributed by atoms with van der Waals surface area (Å²) >= 11 is 1.04. The zero-order chi connectivity index (χ0) is 33.9. The molecular weight excluding hydrogens is 600 g/mol. The first-order valence-corrected chi connectivity index (χ1v) is 17.1. The molecule has 0 spiro atoms. The smallest absolute Gasteiger partial charge is 0.411 e. The van der Waals surface area contributed by atoms with E-state index >= 15 is 0 Å². The first-order valence-electron chi connectivity index (χ1n) is 16.2. The molecular formula is C32H54N4O8S. The molecule has 0 aromatic carbocycles. The number of likely N-dealkylation sites (tertiary alicyclic amines) is 1. The Kier molecular flexibility index (Phi) is 15.2. The van der Waals surface area contributed by atoms with Gasteiger partial charge < -0.3 is 20.3 Å². The van der Waals surface area contributed by atoms with E-state index in [9.17, 15) is 29.4 Å². The molecule has 45 heavy (non-hydrogen) atoms. The maximum absolute atomic E-state index is 14.4. The van der Waals surface area contributed by atoms with Gasteiger partial charge in [0.25, 0.3) is 5.91 Å². The topological polar surface area (TPSA) is 159 Å². The number of rotatable bonds is 16. The Morgan fingerprint density at radius 1 is 1.16 bits per heavy atom. The lowest BCUT2D eigenvalue weighted by Gasteiger charge is -2.39. The summed E-state index contributed by atoms with van der Waals surface area (Å²) < 4.78 is 5.59. The van der Waals surface area contributed by atoms with Crippen LogP contribution in [0.4, 0.5) is 4.79 Å². The van der Waals surface area contributed by atoms with Crippen LogP contribution in [0.2, 0.25) is 0 Å². The SMILES string of the molecule is CCCCCON(C(=O)[C@H](C(=O)N[C@H]1CCCCN1C(=O)OC(C)(C)C)[C@@H](C)CC)[C@H](C[C@@H](O)c1nc(C(=O)O)cs1)C(C)C. The van der Waals surface area contributed by atoms with E-state index < -0.39 is 53.7 Å². The zero-order valence-electron chi connectivity index (χ0n) is 28.2. The van der Waals surface area contributed by atoms with Crippen molar-refractivity contribution in [1.29, 1.82) is 0 Å². The van der Waals surface area contributed by atoms with E-state index in [0.717, 1.165) is 37.0 Å². The zero-order valence-corrected chi connectivity index (χ0v) is 29.0. The molecule has 0 saturated carbocycles. The van der Waals surface area contributed by atoms with Crippen LogP contribution in [-0.4, -0.2) is 80.0 Å². The summed E-state index contributed by atoms with van der Waals surface area (Å²) in [6.07, 6.45) is 2.98. The molecule has 1 saturated heterocycles. The summed E-state index contributed by atoms with van der Waals surface area (Å²) in [4.78, 5) is 64.5. The van der Waals surface area contributed by atoms with Gasteiger partial charge in [0.1, 0.15) is 28.8 Å². The van der Waals surface area contributed by atoms with Crippen LogP contribution in [0.25, 0.3) is 0 Å². The number of hydroxylamine groups is 2. The van der Waals surface area contributed by atoms with Crippen molar-refractivity contribution < 1.29 is 39.0 Å². The first-order chi connectivity index (χ1) is 21.1. The lowest BCUT2D eigenvalue weighted by molar-refractivity contribution is -0.214. The van der Waals surface area contributed by atoms with Crippen LogP contribution < -0.4 is 5.32 Å². The monoisotopic (exact) mass is 654 g/mol. The summed E-state index contributed by atoms with van der Waals surface area (Å²) in [6, 6.07) is -0.640. The number of thiazole rings is 1. The molecule has 1 fully saturated rings. The highest BCUT2D eigenvalue weighted by Crippen LogP contribution is 2.30. The number of carbonyl (C=O) groups excluding carboxylic acids is 3. The molecule has 2 rings (SSSR count). The van der Waals surface area contributed by atoms with Crippen LogP contribution in [-0.2, 0) is 19.2 Å². The number of unbranched alkanes of at least 4 members (excludes halogenated alkanes) is 2. The van der Waals surface area contributed by atoms with Gasteiger partial charge in [0.2, 0.25) is 5.91 Å². The number of ether oxygens (including phenoxy) is 1. The van der Waals surface area contributed by atoms with E-state index in [2.05, 4.69) is 17.2 Å². The Bertz CT molecular complexity index is 1120. The molecule has 1 aromatic heterocycles. The third kappa shape index (κ3) is 11.5. The van der Waals surface area contributed by atoms with Crippen molar-refractivity contribution >= 4 is 35.2 Å². The number of aromatic carboxylic acids is 1. The van der Waals surface area contributed by atoms with E-state index in [0.29, 0.717) is 25.8 Å². The molecule has 1 aliphatic heterocycles. The molecule has 1 aromatic rings. The number of aliphatic hydroxyl groups is 1. The Hall–Kier alpha value is -2.77. The van der Waals surface area contributed by atoms with Crippen molar-refractivity contribution in [3.8, 4) is 0 Å². The molecule has 256 valence electrons. The van der Waals surface area contributed by atoms with E-state index in [-0.39, 0.29) is 35.6 Å². The second-order valence-corrected chi connectivity index (χ2v) is 14.1. The minimum atomic E-state index is -1.19. The number of carboxylic acids is 1. The largest absolute Gasteiger partial charge is 0.476 e. The molecule has 0 aliphatic carbocycles. The van der Waals surface area contributed by atoms with Gasteiger partial charge in [-0.1, -0.05) is 53.9 Å². The van der Waals surface area contributed by atoms with Gasteiger partial charge in [-0.2, -0.15) is 0 Å². The average Bonchev–Trinajstić information content (AvgIpc) is 3.46. The van der Waals surface area contributed by atoms with Gasteiger partial charge in [-0.05, 0) is 58.3 Å². The molecule has 3 amide bonds. The van der Waals surface area contributed by atoms with E-state index in [1.165, 1.54) is 15.3 Å². The van der Waals surface area contributed by atoms with Gasteiger partial charge in [0.15, 0.2) is 5.69 Å². The second-order valence-electron chi connectivity index (χ2n) is 13.2. The van der Waals surface area contributed by atoms with Gasteiger partial charge in [-0.15, -0.1) is 11.3 Å². The minimum absolute atomic E-state index is 0.0354. The number of piperidine rings is 1. The Morgan fingerprint density at radius 2 is 1.84 bits per heavy atom. The number of aromatic nitrogens is 1. The van der Waals surface area contributed by atoms with Crippen LogP contribution in [0.15, 0.2) is 5.38 Å². The van der Waals surface area contributed by atoms with Crippen molar-refractivity contribution in [3.05, 3.63) is 16.1 Å². The molecule has 0 bridgehead atoms. The van der Waals surface area contributed by atoms with Crippen LogP contribution >= 0.6 is 11.3 Å². The van der Waals surface area contributed by atoms with Gasteiger partial charge >= 0.3 is 12.1 Å². The quantitative estimate of drug-likeness (QED) is 0.114. The molecule has 5 atom stereocenters. The summed E-state index contributed by atoms with van der Waals surface area (Å²) in [7, 11) is 0. The van der Waals surface area contributed by atoms with E-state index in [1.54, 1.807) is 20.8 Å². The number of aliphatic hydroxyl groups excluding tert-OH is 1. The van der Waals surface area contributed by atoms with Crippen molar-refractivity contribution in [1.82, 2.24) is 20.3 Å². The molecule has 1 aliphatic rings. The second kappa shape index (κ2) is 17.8. The molecule has 0 radical (unpaired) electrons. The predicted molar refractivity (Wildman–Crippen MR) is 171 cm³/mol. The van der Waals surface area contributed by atoms with E-state index in [4.69, 9.17) is 9.57 Å². The third-order valence-corrected chi connectivity index (χ3v) is 8.90. The van der Waals surface area contributed by atoms with Gasteiger partial charge in [0.05, 0.1) is 12.6 Å². The summed E-state index contributed by atoms with van der Waals surface area (Å²) in [6.45, 7) is 15.7. The number of carbonyl (C=O) groups is 4. The van der Waals surface area contributed by atoms with Crippen molar-refractivity contribution in [3.63, 3.8) is 0 Å². The van der Waals surface area contributed by atoms with Crippen LogP contribution in [0.3, 0.4) is 0 Å². The lowest BCUT2D eigenvalue weighted by atomic mass is 9.88. The van der Waals surface area contributed by atoms with Gasteiger partial charge in [-0.3, -0.25) is 19.3 Å². The molecule has 12 nitrogen and oxygen atoms in total. The molecule has 3 N–H and O–H groups in total. The van der Waals surface area contributed by atoms with Crippen molar-refractivity contribution in [2.45, 2.75) is 131 Å². The number of hydrogen-bond donors (Lipinski definition) is 3. The summed E-state index contributed by atoms with van der Waals surface area (Å²) in [5.41, 5.74) is -0.853. The Balaban J connectivity index is 2.38. The Morgan fingerprint density at radius 3 is 2.40 bits per heavy atom. The Labute approximate surface area is 271 Å². The lowest BCUT2D eigenvalue weighted by Crippen LogP contribution is -2.58. The summed E-state index contributed by atoms with van der Waals surface area (Å²) in [5, 5.41) is 26.2. The average molecular weight is 655 g/mol. The van der Waals surface area contributed by atoms with Gasteiger partial charge in [-0.25, -0.2) is 19.6 Å². The minimum Gasteiger partial charge on any atom is -0.476 e. The highest BCUT2D eigenvalue weighted by molar-refractivity contribution is 7.09. The third-order valence-electron chi connectivity index (χ3n) is 7.96. The van der Waals surface area contributed by atoms with Crippen molar-refractivity contribution in [2.75, 3.05) is 13.2 Å². The maximum Gasteiger partial charge on any atom is 0.411 e. The van der Waals surface area contributed by atoms with Crippen LogP contribution in [0, 0.1) is 17.8 Å². The number of hydrogen-bond acceptors (Lipinski definition) is 9. The van der Waals surface area contributed by atoms with Crippen LogP contribution in [0.5, 0.6) is 0 Å². The fraction of sp³-hybridized carbons (Fsp3) is 0.781. The fourth-order valence-corrected chi connectivity index (χ4v) is 6.00. The number of carboxylic acid groups (broad SMARTS) is 1. The number of nitrogens with zero attached hydrogens (tertiary/aromatic N) is 3. The van der Waals surface area contributed by atoms with E-state index in [1.807, 2.05) is 27.7 Å². The van der Waals surface area contributed by atoms with Crippen LogP contribution in [0.1, 0.15) is 128 Å². The maximum atomic E-state index is 14.4. The number of amides is 3. The predicted octanol–water partition coefficient (Wildman–Crippen LogP) is 5.77. The number of nitrogens with one attached hydrogen (secondary N) is 1.